The lowest BCUT2D eigenvalue weighted by atomic mass is 10.2. The second-order valence-electron chi connectivity index (χ2n) is 7.32. The maximum Gasteiger partial charge on any atom is 0.276 e. The van der Waals surface area contributed by atoms with E-state index in [4.69, 9.17) is 14.2 Å². The number of thioether (sulfide) groups is 2. The molecule has 9 heteroatoms. The van der Waals surface area contributed by atoms with Crippen molar-refractivity contribution in [3.05, 3.63) is 53.6 Å². The number of amides is 2. The van der Waals surface area contributed by atoms with Crippen LogP contribution in [0.5, 0.6) is 17.2 Å². The predicted molar refractivity (Wildman–Crippen MR) is 129 cm³/mol. The summed E-state index contributed by atoms with van der Waals surface area (Å²) in [6.45, 7) is 3.60. The van der Waals surface area contributed by atoms with Crippen molar-refractivity contribution in [1.82, 2.24) is 10.9 Å². The van der Waals surface area contributed by atoms with Gasteiger partial charge in [-0.3, -0.25) is 20.4 Å². The number of carbonyl (C=O) groups is 2. The van der Waals surface area contributed by atoms with Crippen molar-refractivity contribution in [2.24, 2.45) is 0 Å². The Morgan fingerprint density at radius 1 is 1.03 bits per heavy atom. The number of benzene rings is 2. The van der Waals surface area contributed by atoms with Gasteiger partial charge in [0.25, 0.3) is 11.8 Å². The third kappa shape index (κ3) is 7.00. The Morgan fingerprint density at radius 3 is 2.41 bits per heavy atom. The topological polar surface area (TPSA) is 85.9 Å². The molecule has 0 spiro atoms. The van der Waals surface area contributed by atoms with Crippen LogP contribution < -0.4 is 25.1 Å². The van der Waals surface area contributed by atoms with E-state index in [-0.39, 0.29) is 12.7 Å². The molecular weight excluding hydrogens is 448 g/mol. The summed E-state index contributed by atoms with van der Waals surface area (Å²) in [5.74, 6) is 3.02. The van der Waals surface area contributed by atoms with E-state index >= 15 is 0 Å². The van der Waals surface area contributed by atoms with E-state index in [1.807, 2.05) is 61.6 Å². The normalized spacial score (nSPS) is 14.0. The molecule has 2 amide bonds. The lowest BCUT2D eigenvalue weighted by Crippen LogP contribution is -2.43. The van der Waals surface area contributed by atoms with Gasteiger partial charge >= 0.3 is 0 Å². The third-order valence-corrected chi connectivity index (χ3v) is 7.47. The van der Waals surface area contributed by atoms with Crippen LogP contribution >= 0.6 is 23.5 Å². The third-order valence-electron chi connectivity index (χ3n) is 4.45. The zero-order chi connectivity index (χ0) is 22.9. The van der Waals surface area contributed by atoms with Crippen LogP contribution in [0.15, 0.2) is 42.5 Å². The quantitative estimate of drug-likeness (QED) is 0.553. The molecule has 1 fully saturated rings. The molecule has 2 N–H and O–H groups in total. The largest absolute Gasteiger partial charge is 0.493 e. The van der Waals surface area contributed by atoms with Gasteiger partial charge < -0.3 is 14.2 Å². The van der Waals surface area contributed by atoms with Crippen molar-refractivity contribution in [2.75, 3.05) is 25.2 Å². The molecule has 0 bridgehead atoms. The second kappa shape index (κ2) is 11.9. The fourth-order valence-electron chi connectivity index (χ4n) is 2.95. The monoisotopic (exact) mass is 476 g/mol. The van der Waals surface area contributed by atoms with Gasteiger partial charge in [-0.05, 0) is 67.7 Å². The first kappa shape index (κ1) is 24.1. The summed E-state index contributed by atoms with van der Waals surface area (Å²) in [4.78, 5) is 24.4. The predicted octanol–water partition coefficient (Wildman–Crippen LogP) is 4.19. The molecule has 0 radical (unpaired) electrons. The van der Waals surface area contributed by atoms with Crippen molar-refractivity contribution in [2.45, 2.75) is 31.0 Å². The lowest BCUT2D eigenvalue weighted by Gasteiger charge is -2.21. The van der Waals surface area contributed by atoms with Gasteiger partial charge in [0.05, 0.1) is 17.8 Å². The van der Waals surface area contributed by atoms with Crippen LogP contribution in [0.1, 0.15) is 40.8 Å². The molecule has 0 aromatic heterocycles. The summed E-state index contributed by atoms with van der Waals surface area (Å²) in [7, 11) is 1.50. The minimum absolute atomic E-state index is 0.0240. The molecule has 32 heavy (non-hydrogen) atoms. The van der Waals surface area contributed by atoms with E-state index in [0.717, 1.165) is 0 Å². The van der Waals surface area contributed by atoms with E-state index in [1.54, 1.807) is 18.2 Å². The molecule has 1 heterocycles. The number of carbonyl (C=O) groups excluding carboxylic acids is 2. The molecular formula is C23H28N2O5S2. The number of hydrogen-bond donors (Lipinski definition) is 2. The Hall–Kier alpha value is -2.52. The van der Waals surface area contributed by atoms with Crippen LogP contribution in [0.3, 0.4) is 0 Å². The maximum atomic E-state index is 12.3. The second-order valence-corrected chi connectivity index (χ2v) is 10.0. The zero-order valence-electron chi connectivity index (χ0n) is 18.4. The van der Waals surface area contributed by atoms with Crippen molar-refractivity contribution in [1.29, 1.82) is 0 Å². The average Bonchev–Trinajstić information content (AvgIpc) is 2.82. The summed E-state index contributed by atoms with van der Waals surface area (Å²) >= 11 is 3.91. The number of hydrogen-bond acceptors (Lipinski definition) is 7. The Bertz CT molecular complexity index is 915. The summed E-state index contributed by atoms with van der Waals surface area (Å²) in [6, 6.07) is 12.6. The van der Waals surface area contributed by atoms with Crippen molar-refractivity contribution in [3.8, 4) is 17.2 Å². The van der Waals surface area contributed by atoms with E-state index in [2.05, 4.69) is 10.9 Å². The van der Waals surface area contributed by atoms with Crippen LogP contribution in [-0.4, -0.2) is 43.1 Å². The highest BCUT2D eigenvalue weighted by atomic mass is 32.2. The summed E-state index contributed by atoms with van der Waals surface area (Å²) < 4.78 is 16.9. The van der Waals surface area contributed by atoms with Gasteiger partial charge in [0.15, 0.2) is 18.1 Å². The highest BCUT2D eigenvalue weighted by molar-refractivity contribution is 8.16. The minimum Gasteiger partial charge on any atom is -0.493 e. The fraction of sp³-hybridized carbons (Fsp3) is 0.391. The summed E-state index contributed by atoms with van der Waals surface area (Å²) in [6.07, 6.45) is 1.23. The van der Waals surface area contributed by atoms with Gasteiger partial charge in [0.1, 0.15) is 5.75 Å². The highest BCUT2D eigenvalue weighted by Crippen LogP contribution is 2.43. The molecule has 3 rings (SSSR count). The van der Waals surface area contributed by atoms with Crippen molar-refractivity contribution in [3.63, 3.8) is 0 Å². The van der Waals surface area contributed by atoms with Gasteiger partial charge in [0.2, 0.25) is 0 Å². The van der Waals surface area contributed by atoms with E-state index < -0.39 is 11.8 Å². The van der Waals surface area contributed by atoms with Gasteiger partial charge in [-0.1, -0.05) is 12.1 Å². The Morgan fingerprint density at radius 2 is 1.75 bits per heavy atom. The SMILES string of the molecule is COc1cc(C(=O)NNC(=O)COc2ccc(C3SCCCS3)cc2)ccc1OC(C)C. The highest BCUT2D eigenvalue weighted by Gasteiger charge is 2.17. The molecule has 1 saturated heterocycles. The first-order valence-electron chi connectivity index (χ1n) is 10.4. The fourth-order valence-corrected chi connectivity index (χ4v) is 5.84. The first-order chi connectivity index (χ1) is 15.5. The van der Waals surface area contributed by atoms with Gasteiger partial charge in [-0.25, -0.2) is 0 Å². The van der Waals surface area contributed by atoms with Gasteiger partial charge in [0, 0.05) is 5.56 Å². The van der Waals surface area contributed by atoms with E-state index in [1.165, 1.54) is 30.6 Å². The molecule has 0 atom stereocenters. The Kier molecular flexibility index (Phi) is 8.99. The van der Waals surface area contributed by atoms with E-state index in [0.29, 0.717) is 27.4 Å². The van der Waals surface area contributed by atoms with E-state index in [9.17, 15) is 9.59 Å². The van der Waals surface area contributed by atoms with Crippen LogP contribution in [0.25, 0.3) is 0 Å². The molecule has 0 unspecified atom stereocenters. The lowest BCUT2D eigenvalue weighted by molar-refractivity contribution is -0.123. The molecule has 2 aromatic rings. The first-order valence-corrected chi connectivity index (χ1v) is 12.5. The Labute approximate surface area is 196 Å². The van der Waals surface area contributed by atoms with Crippen molar-refractivity contribution < 1.29 is 23.8 Å². The van der Waals surface area contributed by atoms with Gasteiger partial charge in [-0.15, -0.1) is 23.5 Å². The zero-order valence-corrected chi connectivity index (χ0v) is 20.0. The standard InChI is InChI=1S/C23H28N2O5S2/c1-15(2)30-19-10-7-17(13-20(19)28-3)22(27)25-24-21(26)14-29-18-8-5-16(6-9-18)23-31-11-4-12-32-23/h5-10,13,15,23H,4,11-12,14H2,1-3H3,(H,24,26)(H,25,27). The number of methoxy groups -OCH3 is 1. The molecule has 0 saturated carbocycles. The molecule has 2 aromatic carbocycles. The maximum absolute atomic E-state index is 12.3. The number of nitrogens with one attached hydrogen (secondary N) is 2. The van der Waals surface area contributed by atoms with Crippen LogP contribution in [0, 0.1) is 0 Å². The van der Waals surface area contributed by atoms with Crippen LogP contribution in [-0.2, 0) is 4.79 Å². The average molecular weight is 477 g/mol. The molecule has 7 nitrogen and oxygen atoms in total. The number of ether oxygens (including phenoxy) is 3. The molecule has 1 aliphatic heterocycles. The molecule has 0 aliphatic carbocycles. The van der Waals surface area contributed by atoms with Crippen LogP contribution in [0.4, 0.5) is 0 Å². The number of rotatable bonds is 8. The van der Waals surface area contributed by atoms with Crippen molar-refractivity contribution >= 4 is 35.3 Å². The molecule has 172 valence electrons. The minimum atomic E-state index is -0.473. The van der Waals surface area contributed by atoms with Crippen LogP contribution in [0.2, 0.25) is 0 Å². The summed E-state index contributed by atoms with van der Waals surface area (Å²) in [5, 5.41) is 0. The molecule has 1 aliphatic rings. The Balaban J connectivity index is 1.45. The smallest absolute Gasteiger partial charge is 0.276 e. The summed E-state index contributed by atoms with van der Waals surface area (Å²) in [5.41, 5.74) is 6.32. The number of hydrazine groups is 1. The van der Waals surface area contributed by atoms with Gasteiger partial charge in [-0.2, -0.15) is 0 Å².